The van der Waals surface area contributed by atoms with E-state index in [-0.39, 0.29) is 6.61 Å². The second-order valence-corrected chi connectivity index (χ2v) is 3.89. The van der Waals surface area contributed by atoms with E-state index in [0.717, 1.165) is 4.90 Å². The van der Waals surface area contributed by atoms with Crippen molar-refractivity contribution in [1.82, 2.24) is 4.90 Å². The molecule has 0 spiro atoms. The van der Waals surface area contributed by atoms with Crippen molar-refractivity contribution in [1.29, 1.82) is 0 Å². The number of rotatable bonds is 2. The predicted octanol–water partition coefficient (Wildman–Crippen LogP) is 0.188. The lowest BCUT2D eigenvalue weighted by Crippen LogP contribution is -2.50. The summed E-state index contributed by atoms with van der Waals surface area (Å²) in [5.74, 6) is 0.0311. The fourth-order valence-electron chi connectivity index (χ4n) is 1.22. The normalized spacial score (nSPS) is 23.7. The number of aliphatic hydroxyl groups excluding tert-OH is 1. The highest BCUT2D eigenvalue weighted by Crippen LogP contribution is 2.17. The van der Waals surface area contributed by atoms with Gasteiger partial charge >= 0.3 is 6.43 Å². The molecule has 0 radical (unpaired) electrons. The van der Waals surface area contributed by atoms with Crippen LogP contribution in [0.15, 0.2) is 0 Å². The van der Waals surface area contributed by atoms with Crippen molar-refractivity contribution < 1.29 is 18.7 Å². The summed E-state index contributed by atoms with van der Waals surface area (Å²) in [6.07, 6.45) is -2.96. The molecule has 76 valence electrons. The van der Waals surface area contributed by atoms with Crippen LogP contribution in [0.4, 0.5) is 8.78 Å². The molecule has 13 heavy (non-hydrogen) atoms. The molecule has 1 unspecified atom stereocenters. The van der Waals surface area contributed by atoms with Gasteiger partial charge in [-0.15, -0.1) is 0 Å². The quantitative estimate of drug-likeness (QED) is 0.708. The van der Waals surface area contributed by atoms with Crippen LogP contribution in [0, 0.1) is 0 Å². The smallest absolute Gasteiger partial charge is 0.315 e. The molecule has 0 aromatic heterocycles. The molecule has 0 aliphatic carbocycles. The largest absolute Gasteiger partial charge is 0.394 e. The van der Waals surface area contributed by atoms with Gasteiger partial charge in [-0.25, -0.2) is 0 Å². The van der Waals surface area contributed by atoms with Crippen LogP contribution in [0.1, 0.15) is 0 Å². The highest BCUT2D eigenvalue weighted by molar-refractivity contribution is 7.99. The average Bonchev–Trinajstić information content (AvgIpc) is 2.16. The Labute approximate surface area is 79.1 Å². The zero-order valence-electron chi connectivity index (χ0n) is 6.95. The highest BCUT2D eigenvalue weighted by atomic mass is 32.2. The van der Waals surface area contributed by atoms with Crippen LogP contribution >= 0.6 is 11.8 Å². The van der Waals surface area contributed by atoms with E-state index in [1.165, 1.54) is 0 Å². The minimum atomic E-state index is -2.96. The van der Waals surface area contributed by atoms with Crippen LogP contribution < -0.4 is 0 Å². The Kier molecular flexibility index (Phi) is 3.92. The van der Waals surface area contributed by atoms with Gasteiger partial charge in [0.25, 0.3) is 5.91 Å². The van der Waals surface area contributed by atoms with Crippen LogP contribution in [0.3, 0.4) is 0 Å². The van der Waals surface area contributed by atoms with Gasteiger partial charge in [0.05, 0.1) is 12.6 Å². The molecule has 6 heteroatoms. The minimum Gasteiger partial charge on any atom is -0.394 e. The van der Waals surface area contributed by atoms with Gasteiger partial charge < -0.3 is 10.0 Å². The average molecular weight is 211 g/mol. The fraction of sp³-hybridized carbons (Fsp3) is 0.857. The second-order valence-electron chi connectivity index (χ2n) is 2.74. The van der Waals surface area contributed by atoms with Crippen molar-refractivity contribution in [2.75, 3.05) is 24.7 Å². The Bertz CT molecular complexity index is 191. The third-order valence-corrected chi connectivity index (χ3v) is 3.00. The molecule has 1 N–H and O–H groups in total. The molecule has 1 rings (SSSR count). The summed E-state index contributed by atoms with van der Waals surface area (Å²) in [4.78, 5) is 12.0. The van der Waals surface area contributed by atoms with Crippen LogP contribution in [0.25, 0.3) is 0 Å². The maximum absolute atomic E-state index is 12.0. The first-order valence-electron chi connectivity index (χ1n) is 3.94. The molecule has 1 heterocycles. The van der Waals surface area contributed by atoms with Gasteiger partial charge in [-0.3, -0.25) is 4.79 Å². The molecule has 0 aromatic rings. The third-order valence-electron chi connectivity index (χ3n) is 1.91. The summed E-state index contributed by atoms with van der Waals surface area (Å²) in [5.41, 5.74) is 0. The number of carbonyl (C=O) groups excluding carboxylic acids is 1. The van der Waals surface area contributed by atoms with Gasteiger partial charge in [-0.05, 0) is 0 Å². The first kappa shape index (κ1) is 10.7. The number of halogens is 2. The van der Waals surface area contributed by atoms with E-state index in [0.29, 0.717) is 18.1 Å². The number of thioether (sulfide) groups is 1. The molecule has 0 saturated carbocycles. The van der Waals surface area contributed by atoms with Crippen LogP contribution in [0.5, 0.6) is 0 Å². The number of alkyl halides is 2. The van der Waals surface area contributed by atoms with Crippen molar-refractivity contribution in [2.24, 2.45) is 0 Å². The Hall–Kier alpha value is -0.360. The SMILES string of the molecule is O=C(C(F)F)N1CCSCC1CO. The zero-order chi connectivity index (χ0) is 9.84. The van der Waals surface area contributed by atoms with Crippen molar-refractivity contribution in [3.8, 4) is 0 Å². The first-order valence-corrected chi connectivity index (χ1v) is 5.09. The summed E-state index contributed by atoms with van der Waals surface area (Å²) in [7, 11) is 0. The Balaban J connectivity index is 2.58. The molecule has 3 nitrogen and oxygen atoms in total. The summed E-state index contributed by atoms with van der Waals surface area (Å²) >= 11 is 1.56. The summed E-state index contributed by atoms with van der Waals surface area (Å²) in [5, 5.41) is 8.84. The van der Waals surface area contributed by atoms with Gasteiger partial charge in [0.2, 0.25) is 0 Å². The molecule has 0 aromatic carbocycles. The van der Waals surface area contributed by atoms with Gasteiger partial charge in [0, 0.05) is 18.1 Å². The lowest BCUT2D eigenvalue weighted by Gasteiger charge is -2.33. The summed E-state index contributed by atoms with van der Waals surface area (Å²) < 4.78 is 24.1. The van der Waals surface area contributed by atoms with Gasteiger partial charge in [-0.1, -0.05) is 0 Å². The van der Waals surface area contributed by atoms with E-state index in [9.17, 15) is 13.6 Å². The van der Waals surface area contributed by atoms with Gasteiger partial charge in [0.1, 0.15) is 0 Å². The Morgan fingerprint density at radius 2 is 2.38 bits per heavy atom. The van der Waals surface area contributed by atoms with E-state index >= 15 is 0 Å². The monoisotopic (exact) mass is 211 g/mol. The van der Waals surface area contributed by atoms with E-state index in [2.05, 4.69) is 0 Å². The van der Waals surface area contributed by atoms with Gasteiger partial charge in [-0.2, -0.15) is 20.5 Å². The first-order chi connectivity index (χ1) is 6.16. The van der Waals surface area contributed by atoms with Gasteiger partial charge in [0.15, 0.2) is 0 Å². The molecule has 1 fully saturated rings. The highest BCUT2D eigenvalue weighted by Gasteiger charge is 2.31. The molecular weight excluding hydrogens is 200 g/mol. The number of hydrogen-bond acceptors (Lipinski definition) is 3. The predicted molar refractivity (Wildman–Crippen MR) is 45.9 cm³/mol. The van der Waals surface area contributed by atoms with Crippen LogP contribution in [-0.2, 0) is 4.79 Å². The standard InChI is InChI=1S/C7H11F2NO2S/c8-6(9)7(12)10-1-2-13-4-5(10)3-11/h5-6,11H,1-4H2. The molecule has 1 saturated heterocycles. The molecule has 1 aliphatic rings. The van der Waals surface area contributed by atoms with E-state index in [1.54, 1.807) is 11.8 Å². The number of aliphatic hydroxyl groups is 1. The third kappa shape index (κ3) is 2.54. The Morgan fingerprint density at radius 1 is 1.69 bits per heavy atom. The molecule has 0 bridgehead atoms. The zero-order valence-corrected chi connectivity index (χ0v) is 7.77. The topological polar surface area (TPSA) is 40.5 Å². The Morgan fingerprint density at radius 3 is 2.92 bits per heavy atom. The van der Waals surface area contributed by atoms with E-state index in [4.69, 9.17) is 5.11 Å². The van der Waals surface area contributed by atoms with Crippen molar-refractivity contribution in [3.05, 3.63) is 0 Å². The minimum absolute atomic E-state index is 0.245. The number of hydrogen-bond donors (Lipinski definition) is 1. The van der Waals surface area contributed by atoms with E-state index in [1.807, 2.05) is 0 Å². The van der Waals surface area contributed by atoms with E-state index < -0.39 is 18.4 Å². The molecule has 1 atom stereocenters. The molecule has 1 amide bonds. The van der Waals surface area contributed by atoms with Crippen LogP contribution in [0.2, 0.25) is 0 Å². The molecular formula is C7H11F2NO2S. The summed E-state index contributed by atoms with van der Waals surface area (Å²) in [6, 6.07) is -0.444. The lowest BCUT2D eigenvalue weighted by molar-refractivity contribution is -0.145. The maximum Gasteiger partial charge on any atom is 0.315 e. The number of nitrogens with zero attached hydrogens (tertiary/aromatic N) is 1. The van der Waals surface area contributed by atoms with Crippen molar-refractivity contribution >= 4 is 17.7 Å². The number of carbonyl (C=O) groups is 1. The number of amides is 1. The molecule has 1 aliphatic heterocycles. The maximum atomic E-state index is 12.0. The van der Waals surface area contributed by atoms with Crippen molar-refractivity contribution in [2.45, 2.75) is 12.5 Å². The van der Waals surface area contributed by atoms with Crippen molar-refractivity contribution in [3.63, 3.8) is 0 Å². The second kappa shape index (κ2) is 4.76. The lowest BCUT2D eigenvalue weighted by atomic mass is 10.3. The van der Waals surface area contributed by atoms with Crippen LogP contribution in [-0.4, -0.2) is 53.0 Å². The summed E-state index contributed by atoms with van der Waals surface area (Å²) in [6.45, 7) is 0.0600. The fourth-order valence-corrected chi connectivity index (χ4v) is 2.27.